The van der Waals surface area contributed by atoms with Gasteiger partial charge >= 0.3 is 0 Å². The number of aliphatic imine (C=N–C) groups is 1. The standard InChI is InChI=1S/C17H30N4/c1-4-5-6-7-13-19-17(18)20-14-12-15-8-10-16(11-9-15)21(2)3/h8-11H,4-7,12-14H2,1-3H3,(H3,18,19,20). The molecule has 1 aromatic carbocycles. The van der Waals surface area contributed by atoms with Gasteiger partial charge in [-0.1, -0.05) is 38.3 Å². The summed E-state index contributed by atoms with van der Waals surface area (Å²) in [6.07, 6.45) is 5.86. The smallest absolute Gasteiger partial charge is 0.188 e. The molecule has 0 bridgehead atoms. The number of benzene rings is 1. The van der Waals surface area contributed by atoms with Crippen LogP contribution >= 0.6 is 0 Å². The Morgan fingerprint density at radius 1 is 1.14 bits per heavy atom. The molecule has 0 spiro atoms. The number of rotatable bonds is 9. The monoisotopic (exact) mass is 290 g/mol. The van der Waals surface area contributed by atoms with Crippen molar-refractivity contribution in [3.05, 3.63) is 29.8 Å². The zero-order valence-electron chi connectivity index (χ0n) is 13.7. The zero-order valence-corrected chi connectivity index (χ0v) is 13.7. The third-order valence-corrected chi connectivity index (χ3v) is 3.47. The molecule has 21 heavy (non-hydrogen) atoms. The highest BCUT2D eigenvalue weighted by Crippen LogP contribution is 2.12. The van der Waals surface area contributed by atoms with Gasteiger partial charge in [-0.25, -0.2) is 0 Å². The average Bonchev–Trinajstić information content (AvgIpc) is 2.47. The lowest BCUT2D eigenvalue weighted by Gasteiger charge is -2.12. The van der Waals surface area contributed by atoms with E-state index in [1.807, 2.05) is 14.1 Å². The Hall–Kier alpha value is -1.71. The number of nitrogens with one attached hydrogen (secondary N) is 1. The second-order valence-corrected chi connectivity index (χ2v) is 5.57. The lowest BCUT2D eigenvalue weighted by atomic mass is 10.1. The summed E-state index contributed by atoms with van der Waals surface area (Å²) in [5, 5.41) is 3.18. The fraction of sp³-hybridized carbons (Fsp3) is 0.588. The van der Waals surface area contributed by atoms with E-state index in [0.717, 1.165) is 25.9 Å². The first-order valence-corrected chi connectivity index (χ1v) is 7.93. The van der Waals surface area contributed by atoms with Gasteiger partial charge in [0.05, 0.1) is 0 Å². The first-order chi connectivity index (χ1) is 10.1. The van der Waals surface area contributed by atoms with E-state index in [1.54, 1.807) is 0 Å². The molecular weight excluding hydrogens is 260 g/mol. The van der Waals surface area contributed by atoms with Crippen molar-refractivity contribution < 1.29 is 0 Å². The van der Waals surface area contributed by atoms with E-state index in [0.29, 0.717) is 5.96 Å². The summed E-state index contributed by atoms with van der Waals surface area (Å²) in [6, 6.07) is 8.60. The summed E-state index contributed by atoms with van der Waals surface area (Å²) < 4.78 is 0. The molecule has 1 rings (SSSR count). The predicted molar refractivity (Wildman–Crippen MR) is 93.1 cm³/mol. The second-order valence-electron chi connectivity index (χ2n) is 5.57. The maximum atomic E-state index is 5.85. The molecule has 0 saturated carbocycles. The van der Waals surface area contributed by atoms with Crippen molar-refractivity contribution >= 4 is 11.6 Å². The van der Waals surface area contributed by atoms with Gasteiger partial charge in [0.2, 0.25) is 0 Å². The molecule has 0 radical (unpaired) electrons. The largest absolute Gasteiger partial charge is 0.378 e. The first-order valence-electron chi connectivity index (χ1n) is 7.93. The van der Waals surface area contributed by atoms with E-state index in [4.69, 9.17) is 5.73 Å². The van der Waals surface area contributed by atoms with E-state index < -0.39 is 0 Å². The number of unbranched alkanes of at least 4 members (excludes halogenated alkanes) is 3. The Kier molecular flexibility index (Phi) is 8.32. The third kappa shape index (κ3) is 7.59. The van der Waals surface area contributed by atoms with Crippen molar-refractivity contribution in [3.8, 4) is 0 Å². The fourth-order valence-electron chi connectivity index (χ4n) is 2.09. The van der Waals surface area contributed by atoms with Gasteiger partial charge in [0.25, 0.3) is 0 Å². The molecule has 1 aromatic rings. The molecule has 4 nitrogen and oxygen atoms in total. The molecule has 0 aromatic heterocycles. The molecule has 0 atom stereocenters. The number of guanidine groups is 1. The zero-order chi connectivity index (χ0) is 15.5. The van der Waals surface area contributed by atoms with Crippen molar-refractivity contribution in [2.45, 2.75) is 39.0 Å². The van der Waals surface area contributed by atoms with Gasteiger partial charge in [0.1, 0.15) is 0 Å². The van der Waals surface area contributed by atoms with E-state index >= 15 is 0 Å². The van der Waals surface area contributed by atoms with Crippen molar-refractivity contribution in [2.24, 2.45) is 10.7 Å². The van der Waals surface area contributed by atoms with Gasteiger partial charge in [-0.15, -0.1) is 0 Å². The second kappa shape index (κ2) is 10.1. The molecule has 0 heterocycles. The molecule has 0 amide bonds. The van der Waals surface area contributed by atoms with Gasteiger partial charge in [-0.2, -0.15) is 0 Å². The molecule has 3 N–H and O–H groups in total. The number of hydrogen-bond donors (Lipinski definition) is 2. The van der Waals surface area contributed by atoms with Crippen molar-refractivity contribution in [1.29, 1.82) is 0 Å². The Bertz CT molecular complexity index is 409. The first kappa shape index (κ1) is 17.3. The van der Waals surface area contributed by atoms with Crippen LogP contribution in [0.1, 0.15) is 38.2 Å². The minimum absolute atomic E-state index is 0.566. The van der Waals surface area contributed by atoms with Crippen LogP contribution in [0.25, 0.3) is 0 Å². The maximum absolute atomic E-state index is 5.85. The summed E-state index contributed by atoms with van der Waals surface area (Å²) in [5.74, 6) is 0.566. The molecular formula is C17H30N4. The number of hydrogen-bond acceptors (Lipinski definition) is 2. The predicted octanol–water partition coefficient (Wildman–Crippen LogP) is 2.78. The van der Waals surface area contributed by atoms with Crippen LogP contribution < -0.4 is 16.0 Å². The van der Waals surface area contributed by atoms with Crippen molar-refractivity contribution in [2.75, 3.05) is 32.1 Å². The van der Waals surface area contributed by atoms with Crippen LogP contribution in [0.15, 0.2) is 29.3 Å². The maximum Gasteiger partial charge on any atom is 0.188 e. The number of anilines is 1. The quantitative estimate of drug-likeness (QED) is 0.418. The van der Waals surface area contributed by atoms with Gasteiger partial charge in [-0.05, 0) is 30.5 Å². The molecule has 0 aliphatic heterocycles. The summed E-state index contributed by atoms with van der Waals surface area (Å²) >= 11 is 0. The number of nitrogens with two attached hydrogens (primary N) is 1. The highest BCUT2D eigenvalue weighted by atomic mass is 15.1. The highest BCUT2D eigenvalue weighted by Gasteiger charge is 1.97. The Labute approximate surface area is 129 Å². The fourth-order valence-corrected chi connectivity index (χ4v) is 2.09. The highest BCUT2D eigenvalue weighted by molar-refractivity contribution is 5.77. The molecule has 0 fully saturated rings. The van der Waals surface area contributed by atoms with Gasteiger partial charge in [0, 0.05) is 32.9 Å². The van der Waals surface area contributed by atoms with Gasteiger partial charge in [-0.3, -0.25) is 4.99 Å². The molecule has 118 valence electrons. The SMILES string of the molecule is CCCCCCN=C(N)NCCc1ccc(N(C)C)cc1. The van der Waals surface area contributed by atoms with Crippen LogP contribution in [0.5, 0.6) is 0 Å². The topological polar surface area (TPSA) is 53.6 Å². The molecule has 0 saturated heterocycles. The van der Waals surface area contributed by atoms with Gasteiger partial charge in [0.15, 0.2) is 5.96 Å². The van der Waals surface area contributed by atoms with Gasteiger partial charge < -0.3 is 16.0 Å². The normalized spacial score (nSPS) is 11.5. The molecule has 4 heteroatoms. The molecule has 0 unspecified atom stereocenters. The van der Waals surface area contributed by atoms with E-state index in [-0.39, 0.29) is 0 Å². The lowest BCUT2D eigenvalue weighted by Crippen LogP contribution is -2.33. The Morgan fingerprint density at radius 3 is 2.48 bits per heavy atom. The van der Waals surface area contributed by atoms with Crippen molar-refractivity contribution in [1.82, 2.24) is 5.32 Å². The molecule has 0 aliphatic rings. The van der Waals surface area contributed by atoms with E-state index in [9.17, 15) is 0 Å². The van der Waals surface area contributed by atoms with Crippen LogP contribution in [0, 0.1) is 0 Å². The minimum atomic E-state index is 0.566. The summed E-state index contributed by atoms with van der Waals surface area (Å²) in [6.45, 7) is 3.87. The molecule has 0 aliphatic carbocycles. The Balaban J connectivity index is 2.21. The van der Waals surface area contributed by atoms with Crippen LogP contribution in [-0.4, -0.2) is 33.1 Å². The minimum Gasteiger partial charge on any atom is -0.378 e. The van der Waals surface area contributed by atoms with Crippen LogP contribution in [0.4, 0.5) is 5.69 Å². The summed E-state index contributed by atoms with van der Waals surface area (Å²) in [4.78, 5) is 6.44. The van der Waals surface area contributed by atoms with Crippen LogP contribution in [-0.2, 0) is 6.42 Å². The average molecular weight is 290 g/mol. The summed E-state index contributed by atoms with van der Waals surface area (Å²) in [7, 11) is 4.10. The van der Waals surface area contributed by atoms with Crippen LogP contribution in [0.2, 0.25) is 0 Å². The summed E-state index contributed by atoms with van der Waals surface area (Å²) in [5.41, 5.74) is 8.38. The van der Waals surface area contributed by atoms with Crippen LogP contribution in [0.3, 0.4) is 0 Å². The van der Waals surface area contributed by atoms with E-state index in [1.165, 1.54) is 30.5 Å². The lowest BCUT2D eigenvalue weighted by molar-refractivity contribution is 0.673. The Morgan fingerprint density at radius 2 is 1.86 bits per heavy atom. The van der Waals surface area contributed by atoms with Crippen molar-refractivity contribution in [3.63, 3.8) is 0 Å². The van der Waals surface area contributed by atoms with E-state index in [2.05, 4.69) is 46.4 Å². The third-order valence-electron chi connectivity index (χ3n) is 3.47. The number of nitrogens with zero attached hydrogens (tertiary/aromatic N) is 2.